The number of piperidine rings is 1. The van der Waals surface area contributed by atoms with Crippen molar-refractivity contribution < 1.29 is 9.53 Å². The van der Waals surface area contributed by atoms with Gasteiger partial charge in [-0.3, -0.25) is 9.20 Å². The van der Waals surface area contributed by atoms with Crippen molar-refractivity contribution in [1.29, 1.82) is 0 Å². The number of aromatic nitrogens is 2. The SMILES string of the molecule is COCC(=O)N1CCC[C@@H](c2nc(C)n3c(C)csc23)C1. The second-order valence-electron chi connectivity index (χ2n) is 5.67. The molecule has 0 aromatic carbocycles. The number of ether oxygens (including phenoxy) is 1. The third-order valence-electron chi connectivity index (χ3n) is 4.15. The predicted molar refractivity (Wildman–Crippen MR) is 83.0 cm³/mol. The minimum absolute atomic E-state index is 0.0803. The van der Waals surface area contributed by atoms with Gasteiger partial charge in [0.05, 0.1) is 5.69 Å². The second kappa shape index (κ2) is 5.77. The molecule has 1 atom stereocenters. The van der Waals surface area contributed by atoms with E-state index in [2.05, 4.69) is 16.7 Å². The molecule has 21 heavy (non-hydrogen) atoms. The number of fused-ring (bicyclic) bond motifs is 1. The van der Waals surface area contributed by atoms with Crippen molar-refractivity contribution in [2.24, 2.45) is 0 Å². The van der Waals surface area contributed by atoms with Crippen molar-refractivity contribution in [1.82, 2.24) is 14.3 Å². The number of carbonyl (C=O) groups is 1. The first-order chi connectivity index (χ1) is 10.1. The van der Waals surface area contributed by atoms with Crippen LogP contribution in [0.4, 0.5) is 0 Å². The molecule has 6 heteroatoms. The summed E-state index contributed by atoms with van der Waals surface area (Å²) in [7, 11) is 1.57. The van der Waals surface area contributed by atoms with Gasteiger partial charge in [-0.1, -0.05) is 0 Å². The summed E-state index contributed by atoms with van der Waals surface area (Å²) in [4.78, 5) is 20.0. The molecule has 1 fully saturated rings. The highest BCUT2D eigenvalue weighted by atomic mass is 32.1. The first-order valence-electron chi connectivity index (χ1n) is 7.31. The standard InChI is InChI=1S/C15H21N3O2S/c1-10-9-21-15-14(16-11(2)18(10)15)12-5-4-6-17(7-12)13(19)8-20-3/h9,12H,4-8H2,1-3H3/t12-/m1/s1. The lowest BCUT2D eigenvalue weighted by Gasteiger charge is -2.31. The van der Waals surface area contributed by atoms with Crippen LogP contribution in [0.25, 0.3) is 4.83 Å². The maximum atomic E-state index is 12.0. The number of likely N-dealkylation sites (tertiary alicyclic amines) is 1. The van der Waals surface area contributed by atoms with E-state index in [1.54, 1.807) is 18.4 Å². The highest BCUT2D eigenvalue weighted by Crippen LogP contribution is 2.33. The lowest BCUT2D eigenvalue weighted by molar-refractivity contribution is -0.136. The Balaban J connectivity index is 1.87. The fourth-order valence-electron chi connectivity index (χ4n) is 3.16. The maximum absolute atomic E-state index is 12.0. The van der Waals surface area contributed by atoms with Crippen LogP contribution in [0.15, 0.2) is 5.38 Å². The largest absolute Gasteiger partial charge is 0.375 e. The Morgan fingerprint density at radius 2 is 2.33 bits per heavy atom. The number of hydrogen-bond donors (Lipinski definition) is 0. The number of carbonyl (C=O) groups excluding carboxylic acids is 1. The summed E-state index contributed by atoms with van der Waals surface area (Å²) in [5.41, 5.74) is 2.38. The van der Waals surface area contributed by atoms with E-state index >= 15 is 0 Å². The van der Waals surface area contributed by atoms with Gasteiger partial charge in [0.15, 0.2) is 0 Å². The average Bonchev–Trinajstić information content (AvgIpc) is 3.01. The Kier molecular flexibility index (Phi) is 3.99. The number of rotatable bonds is 3. The summed E-state index contributed by atoms with van der Waals surface area (Å²) >= 11 is 1.75. The van der Waals surface area contributed by atoms with Crippen LogP contribution in [0, 0.1) is 13.8 Å². The molecule has 3 heterocycles. The predicted octanol–water partition coefficient (Wildman–Crippen LogP) is 2.37. The van der Waals surface area contributed by atoms with Gasteiger partial charge in [0.25, 0.3) is 0 Å². The highest BCUT2D eigenvalue weighted by Gasteiger charge is 2.28. The number of thiazole rings is 1. The lowest BCUT2D eigenvalue weighted by Crippen LogP contribution is -2.41. The van der Waals surface area contributed by atoms with Gasteiger partial charge in [0.2, 0.25) is 5.91 Å². The summed E-state index contributed by atoms with van der Waals surface area (Å²) in [6.45, 7) is 5.91. The van der Waals surface area contributed by atoms with E-state index in [1.807, 2.05) is 11.8 Å². The molecule has 0 aliphatic carbocycles. The van der Waals surface area contributed by atoms with Crippen molar-refractivity contribution in [3.8, 4) is 0 Å². The Bertz CT molecular complexity index is 661. The monoisotopic (exact) mass is 307 g/mol. The molecule has 1 amide bonds. The van der Waals surface area contributed by atoms with Crippen molar-refractivity contribution in [2.75, 3.05) is 26.8 Å². The summed E-state index contributed by atoms with van der Waals surface area (Å²) in [5, 5.41) is 2.17. The van der Waals surface area contributed by atoms with Gasteiger partial charge in [-0.2, -0.15) is 0 Å². The molecule has 3 rings (SSSR count). The van der Waals surface area contributed by atoms with Crippen LogP contribution in [-0.4, -0.2) is 47.0 Å². The molecule has 0 unspecified atom stereocenters. The van der Waals surface area contributed by atoms with Gasteiger partial charge >= 0.3 is 0 Å². The summed E-state index contributed by atoms with van der Waals surface area (Å²) in [6.07, 6.45) is 2.13. The number of methoxy groups -OCH3 is 1. The summed E-state index contributed by atoms with van der Waals surface area (Å²) in [5.74, 6) is 1.46. The lowest BCUT2D eigenvalue weighted by atomic mass is 9.95. The van der Waals surface area contributed by atoms with E-state index in [-0.39, 0.29) is 12.5 Å². The van der Waals surface area contributed by atoms with Crippen LogP contribution >= 0.6 is 11.3 Å². The van der Waals surface area contributed by atoms with Gasteiger partial charge < -0.3 is 9.64 Å². The maximum Gasteiger partial charge on any atom is 0.248 e. The number of imidazole rings is 1. The molecular formula is C15H21N3O2S. The van der Waals surface area contributed by atoms with Gasteiger partial charge in [0, 0.05) is 37.2 Å². The minimum Gasteiger partial charge on any atom is -0.375 e. The van der Waals surface area contributed by atoms with E-state index < -0.39 is 0 Å². The Hall–Kier alpha value is -1.40. The summed E-state index contributed by atoms with van der Waals surface area (Å²) < 4.78 is 7.18. The smallest absolute Gasteiger partial charge is 0.248 e. The third-order valence-corrected chi connectivity index (χ3v) is 5.22. The van der Waals surface area contributed by atoms with Gasteiger partial charge in [-0.15, -0.1) is 11.3 Å². The quantitative estimate of drug-likeness (QED) is 0.874. The number of amides is 1. The van der Waals surface area contributed by atoms with Crippen molar-refractivity contribution in [2.45, 2.75) is 32.6 Å². The zero-order chi connectivity index (χ0) is 15.0. The number of aryl methyl sites for hydroxylation is 2. The zero-order valence-corrected chi connectivity index (χ0v) is 13.6. The summed E-state index contributed by atoms with van der Waals surface area (Å²) in [6, 6.07) is 0. The Morgan fingerprint density at radius 3 is 3.10 bits per heavy atom. The van der Waals surface area contributed by atoms with Crippen molar-refractivity contribution in [3.05, 3.63) is 22.6 Å². The molecule has 0 spiro atoms. The Labute approximate surface area is 128 Å². The molecule has 2 aromatic heterocycles. The molecule has 114 valence electrons. The molecule has 1 aliphatic heterocycles. The van der Waals surface area contributed by atoms with E-state index in [0.717, 1.165) is 37.4 Å². The van der Waals surface area contributed by atoms with E-state index in [0.29, 0.717) is 5.92 Å². The average molecular weight is 307 g/mol. The van der Waals surface area contributed by atoms with Crippen LogP contribution in [0.2, 0.25) is 0 Å². The molecule has 0 saturated carbocycles. The van der Waals surface area contributed by atoms with E-state index in [4.69, 9.17) is 9.72 Å². The molecule has 1 aliphatic rings. The van der Waals surface area contributed by atoms with E-state index in [1.165, 1.54) is 10.5 Å². The fraction of sp³-hybridized carbons (Fsp3) is 0.600. The van der Waals surface area contributed by atoms with E-state index in [9.17, 15) is 4.79 Å². The Morgan fingerprint density at radius 1 is 1.52 bits per heavy atom. The first-order valence-corrected chi connectivity index (χ1v) is 8.19. The van der Waals surface area contributed by atoms with Gasteiger partial charge in [-0.05, 0) is 26.7 Å². The number of hydrogen-bond acceptors (Lipinski definition) is 4. The fourth-order valence-corrected chi connectivity index (χ4v) is 4.27. The third kappa shape index (κ3) is 2.58. The molecular weight excluding hydrogens is 286 g/mol. The minimum atomic E-state index is 0.0803. The van der Waals surface area contributed by atoms with Crippen LogP contribution in [-0.2, 0) is 9.53 Å². The molecule has 1 saturated heterocycles. The normalized spacial score (nSPS) is 19.4. The van der Waals surface area contributed by atoms with Crippen LogP contribution < -0.4 is 0 Å². The molecule has 0 bridgehead atoms. The van der Waals surface area contributed by atoms with Gasteiger partial charge in [0.1, 0.15) is 17.3 Å². The highest BCUT2D eigenvalue weighted by molar-refractivity contribution is 7.15. The molecule has 0 N–H and O–H groups in total. The second-order valence-corrected chi connectivity index (χ2v) is 6.53. The number of nitrogens with zero attached hydrogens (tertiary/aromatic N) is 3. The molecule has 2 aromatic rings. The van der Waals surface area contributed by atoms with Gasteiger partial charge in [-0.25, -0.2) is 4.98 Å². The van der Waals surface area contributed by atoms with Crippen LogP contribution in [0.3, 0.4) is 0 Å². The molecule has 0 radical (unpaired) electrons. The first kappa shape index (κ1) is 14.5. The van der Waals surface area contributed by atoms with Crippen molar-refractivity contribution in [3.63, 3.8) is 0 Å². The van der Waals surface area contributed by atoms with Crippen LogP contribution in [0.5, 0.6) is 0 Å². The van der Waals surface area contributed by atoms with Crippen molar-refractivity contribution >= 4 is 22.1 Å². The van der Waals surface area contributed by atoms with Crippen LogP contribution in [0.1, 0.15) is 36.0 Å². The zero-order valence-electron chi connectivity index (χ0n) is 12.8. The molecule has 5 nitrogen and oxygen atoms in total. The topological polar surface area (TPSA) is 46.8 Å².